The minimum atomic E-state index is 0.881. The summed E-state index contributed by atoms with van der Waals surface area (Å²) in [5, 5.41) is 9.41. The second-order valence-corrected chi connectivity index (χ2v) is 12.0. The Balaban J connectivity index is 1.35. The van der Waals surface area contributed by atoms with Crippen LogP contribution in [0.5, 0.6) is 0 Å². The predicted octanol–water partition coefficient (Wildman–Crippen LogP) is 12.8. The fraction of sp³-hybridized carbons (Fsp3) is 0. The topological polar surface area (TPSA) is 26.3 Å². The molecule has 10 rings (SSSR count). The predicted molar refractivity (Wildman–Crippen MR) is 192 cm³/mol. The maximum atomic E-state index is 6.62. The van der Waals surface area contributed by atoms with Crippen LogP contribution in [0, 0.1) is 0 Å². The van der Waals surface area contributed by atoms with Crippen molar-refractivity contribution < 1.29 is 8.83 Å². The van der Waals surface area contributed by atoms with Gasteiger partial charge in [0.25, 0.3) is 0 Å². The van der Waals surface area contributed by atoms with E-state index in [0.717, 1.165) is 55.0 Å². The number of fused-ring (bicyclic) bond motifs is 8. The Morgan fingerprint density at radius 2 is 0.804 bits per heavy atom. The molecule has 2 nitrogen and oxygen atoms in total. The molecule has 8 aromatic carbocycles. The number of benzene rings is 8. The summed E-state index contributed by atoms with van der Waals surface area (Å²) in [7, 11) is 0. The van der Waals surface area contributed by atoms with E-state index in [1.807, 2.05) is 18.2 Å². The first-order chi connectivity index (χ1) is 22.8. The van der Waals surface area contributed by atoms with Crippen LogP contribution in [0.25, 0.3) is 98.8 Å². The Kier molecular flexibility index (Phi) is 5.31. The molecule has 0 radical (unpaired) electrons. The Morgan fingerprint density at radius 1 is 0.283 bits per heavy atom. The Hall–Kier alpha value is -6.12. The molecule has 0 saturated heterocycles. The van der Waals surface area contributed by atoms with Gasteiger partial charge in [0, 0.05) is 21.5 Å². The van der Waals surface area contributed by atoms with Crippen LogP contribution in [0.3, 0.4) is 0 Å². The first-order valence-corrected chi connectivity index (χ1v) is 15.7. The lowest BCUT2D eigenvalue weighted by Crippen LogP contribution is -1.92. The number of hydrogen-bond acceptors (Lipinski definition) is 2. The van der Waals surface area contributed by atoms with Gasteiger partial charge in [0.05, 0.1) is 0 Å². The minimum Gasteiger partial charge on any atom is -0.456 e. The summed E-state index contributed by atoms with van der Waals surface area (Å²) < 4.78 is 12.8. The van der Waals surface area contributed by atoms with Gasteiger partial charge in [-0.15, -0.1) is 0 Å². The molecular weight excluding hydrogens is 560 g/mol. The fourth-order valence-corrected chi connectivity index (χ4v) is 7.46. The van der Waals surface area contributed by atoms with E-state index in [1.165, 1.54) is 43.8 Å². The van der Waals surface area contributed by atoms with Crippen molar-refractivity contribution in [1.82, 2.24) is 0 Å². The van der Waals surface area contributed by atoms with Gasteiger partial charge in [0.2, 0.25) is 0 Å². The van der Waals surface area contributed by atoms with Crippen LogP contribution in [0.1, 0.15) is 0 Å². The van der Waals surface area contributed by atoms with E-state index in [-0.39, 0.29) is 0 Å². The highest BCUT2D eigenvalue weighted by Gasteiger charge is 2.21. The molecule has 0 fully saturated rings. The Morgan fingerprint density at radius 3 is 1.50 bits per heavy atom. The molecule has 0 bridgehead atoms. The third-order valence-corrected chi connectivity index (χ3v) is 9.45. The molecule has 0 aliphatic carbocycles. The SMILES string of the molecule is c1ccc(-c2c3ccccc3c(-c3cc(-c4ccc5oc6ccccc6c5c4)cc4oc5ccccc5c34)c3ccccc23)cc1. The number of rotatable bonds is 3. The van der Waals surface area contributed by atoms with Gasteiger partial charge in [-0.25, -0.2) is 0 Å². The van der Waals surface area contributed by atoms with Crippen LogP contribution in [-0.2, 0) is 0 Å². The molecule has 46 heavy (non-hydrogen) atoms. The number of furan rings is 2. The first-order valence-electron chi connectivity index (χ1n) is 15.7. The number of hydrogen-bond donors (Lipinski definition) is 0. The molecule has 0 aliphatic rings. The summed E-state index contributed by atoms with van der Waals surface area (Å²) >= 11 is 0. The van der Waals surface area contributed by atoms with E-state index < -0.39 is 0 Å². The van der Waals surface area contributed by atoms with E-state index in [2.05, 4.69) is 140 Å². The molecule has 2 heterocycles. The molecule has 0 unspecified atom stereocenters. The third-order valence-electron chi connectivity index (χ3n) is 9.45. The maximum absolute atomic E-state index is 6.62. The van der Waals surface area contributed by atoms with Crippen LogP contribution in [0.15, 0.2) is 167 Å². The monoisotopic (exact) mass is 586 g/mol. The smallest absolute Gasteiger partial charge is 0.136 e. The molecule has 0 aliphatic heterocycles. The van der Waals surface area contributed by atoms with Crippen LogP contribution in [0.4, 0.5) is 0 Å². The van der Waals surface area contributed by atoms with Crippen molar-refractivity contribution >= 4 is 65.4 Å². The lowest BCUT2D eigenvalue weighted by molar-refractivity contribution is 0.669. The highest BCUT2D eigenvalue weighted by Crippen LogP contribution is 2.48. The molecule has 2 heteroatoms. The summed E-state index contributed by atoms with van der Waals surface area (Å²) in [6, 6.07) is 56.1. The molecular formula is C44H26O2. The van der Waals surface area contributed by atoms with Crippen molar-refractivity contribution in [3.05, 3.63) is 158 Å². The second-order valence-electron chi connectivity index (χ2n) is 12.0. The fourth-order valence-electron chi connectivity index (χ4n) is 7.46. The molecule has 214 valence electrons. The lowest BCUT2D eigenvalue weighted by Gasteiger charge is -2.19. The van der Waals surface area contributed by atoms with Gasteiger partial charge in [-0.2, -0.15) is 0 Å². The van der Waals surface area contributed by atoms with Gasteiger partial charge in [0.15, 0.2) is 0 Å². The van der Waals surface area contributed by atoms with E-state index in [4.69, 9.17) is 8.83 Å². The van der Waals surface area contributed by atoms with Crippen molar-refractivity contribution in [3.63, 3.8) is 0 Å². The molecule has 0 N–H and O–H groups in total. The molecule has 2 aromatic heterocycles. The lowest BCUT2D eigenvalue weighted by atomic mass is 9.84. The minimum absolute atomic E-state index is 0.881. The van der Waals surface area contributed by atoms with Gasteiger partial charge in [-0.1, -0.05) is 121 Å². The van der Waals surface area contributed by atoms with E-state index >= 15 is 0 Å². The van der Waals surface area contributed by atoms with Crippen molar-refractivity contribution in [2.75, 3.05) is 0 Å². The van der Waals surface area contributed by atoms with Gasteiger partial charge < -0.3 is 8.83 Å². The first kappa shape index (κ1) is 25.2. The zero-order valence-corrected chi connectivity index (χ0v) is 24.8. The van der Waals surface area contributed by atoms with E-state index in [1.54, 1.807) is 0 Å². The van der Waals surface area contributed by atoms with Crippen molar-refractivity contribution in [2.45, 2.75) is 0 Å². The van der Waals surface area contributed by atoms with Gasteiger partial charge >= 0.3 is 0 Å². The number of para-hydroxylation sites is 2. The largest absolute Gasteiger partial charge is 0.456 e. The quantitative estimate of drug-likeness (QED) is 0.193. The van der Waals surface area contributed by atoms with Gasteiger partial charge in [0.1, 0.15) is 22.3 Å². The van der Waals surface area contributed by atoms with E-state index in [0.29, 0.717) is 0 Å². The Labute approximate surface area is 264 Å². The molecule has 0 amide bonds. The zero-order valence-electron chi connectivity index (χ0n) is 24.8. The maximum Gasteiger partial charge on any atom is 0.136 e. The van der Waals surface area contributed by atoms with Crippen LogP contribution >= 0.6 is 0 Å². The van der Waals surface area contributed by atoms with Crippen LogP contribution in [-0.4, -0.2) is 0 Å². The highest BCUT2D eigenvalue weighted by atomic mass is 16.3. The van der Waals surface area contributed by atoms with Gasteiger partial charge in [-0.3, -0.25) is 0 Å². The zero-order chi connectivity index (χ0) is 30.2. The van der Waals surface area contributed by atoms with Gasteiger partial charge in [-0.05, 0) is 91.3 Å². The average Bonchev–Trinajstić information content (AvgIpc) is 3.68. The average molecular weight is 587 g/mol. The normalized spacial score (nSPS) is 11.9. The second kappa shape index (κ2) is 9.69. The van der Waals surface area contributed by atoms with Crippen LogP contribution in [0.2, 0.25) is 0 Å². The third kappa shape index (κ3) is 3.65. The summed E-state index contributed by atoms with van der Waals surface area (Å²) in [6.07, 6.45) is 0. The van der Waals surface area contributed by atoms with Crippen molar-refractivity contribution in [2.24, 2.45) is 0 Å². The summed E-state index contributed by atoms with van der Waals surface area (Å²) in [6.45, 7) is 0. The molecule has 0 spiro atoms. The summed E-state index contributed by atoms with van der Waals surface area (Å²) in [5.41, 5.74) is 10.7. The summed E-state index contributed by atoms with van der Waals surface area (Å²) in [5.74, 6) is 0. The molecule has 0 atom stereocenters. The summed E-state index contributed by atoms with van der Waals surface area (Å²) in [4.78, 5) is 0. The van der Waals surface area contributed by atoms with Crippen LogP contribution < -0.4 is 0 Å². The standard InChI is InChI=1S/C44H26O2/c1-2-12-27(13-3-1)42-31-15-4-6-17-33(31)43(34-18-7-5-16-32(34)42)37-25-29(26-41-44(37)35-19-9-11-21-39(35)46-41)28-22-23-40-36(24-28)30-14-8-10-20-38(30)45-40/h1-26H. The Bertz CT molecular complexity index is 2740. The van der Waals surface area contributed by atoms with Crippen molar-refractivity contribution in [1.29, 1.82) is 0 Å². The molecule has 0 saturated carbocycles. The molecule has 10 aromatic rings. The highest BCUT2D eigenvalue weighted by molar-refractivity contribution is 6.26. The van der Waals surface area contributed by atoms with E-state index in [9.17, 15) is 0 Å². The van der Waals surface area contributed by atoms with Crippen molar-refractivity contribution in [3.8, 4) is 33.4 Å².